The summed E-state index contributed by atoms with van der Waals surface area (Å²) in [6, 6.07) is 6.66. The Hall–Kier alpha value is -0.430. The molecule has 0 fully saturated rings. The van der Waals surface area contributed by atoms with Crippen molar-refractivity contribution in [3.63, 3.8) is 0 Å². The highest BCUT2D eigenvalue weighted by Crippen LogP contribution is 2.23. The van der Waals surface area contributed by atoms with Gasteiger partial charge in [-0.2, -0.15) is 0 Å². The van der Waals surface area contributed by atoms with Crippen molar-refractivity contribution in [3.05, 3.63) is 29.3 Å². The second kappa shape index (κ2) is 4.56. The van der Waals surface area contributed by atoms with Crippen molar-refractivity contribution in [2.24, 2.45) is 0 Å². The van der Waals surface area contributed by atoms with Gasteiger partial charge in [0.15, 0.2) is 0 Å². The van der Waals surface area contributed by atoms with Crippen LogP contribution in [-0.4, -0.2) is 5.75 Å². The fraction of sp³-hybridized carbons (Fsp3) is 0.455. The van der Waals surface area contributed by atoms with Gasteiger partial charge < -0.3 is 0 Å². The zero-order valence-corrected chi connectivity index (χ0v) is 8.87. The average Bonchev–Trinajstić information content (AvgIpc) is 2.03. The van der Waals surface area contributed by atoms with Gasteiger partial charge in [-0.1, -0.05) is 24.6 Å². The summed E-state index contributed by atoms with van der Waals surface area (Å²) in [5, 5.41) is 0. The van der Waals surface area contributed by atoms with Gasteiger partial charge >= 0.3 is 0 Å². The maximum Gasteiger partial charge on any atom is 0.0101 e. The standard InChI is InChI=1S/C11H16S/c1-4-7-12-11-6-5-9(2)8-10(11)3/h5-6,8H,4,7H2,1-3H3. The first-order valence-electron chi connectivity index (χ1n) is 4.44. The van der Waals surface area contributed by atoms with E-state index < -0.39 is 0 Å². The van der Waals surface area contributed by atoms with Crippen LogP contribution in [-0.2, 0) is 0 Å². The summed E-state index contributed by atoms with van der Waals surface area (Å²) in [6.45, 7) is 6.54. The molecule has 0 aliphatic rings. The van der Waals surface area contributed by atoms with E-state index in [1.54, 1.807) is 0 Å². The van der Waals surface area contributed by atoms with Crippen LogP contribution in [0.1, 0.15) is 24.5 Å². The third kappa shape index (κ3) is 2.56. The third-order valence-electron chi connectivity index (χ3n) is 1.79. The van der Waals surface area contributed by atoms with Gasteiger partial charge in [-0.25, -0.2) is 0 Å². The first-order chi connectivity index (χ1) is 5.74. The Labute approximate surface area is 79.4 Å². The van der Waals surface area contributed by atoms with Crippen molar-refractivity contribution < 1.29 is 0 Å². The SMILES string of the molecule is CCCSc1ccc(C)cc1C. The number of hydrogen-bond donors (Lipinski definition) is 0. The van der Waals surface area contributed by atoms with Gasteiger partial charge in [0.05, 0.1) is 0 Å². The molecule has 0 saturated carbocycles. The second-order valence-corrected chi connectivity index (χ2v) is 4.25. The Morgan fingerprint density at radius 3 is 2.58 bits per heavy atom. The van der Waals surface area contributed by atoms with Crippen LogP contribution in [0.4, 0.5) is 0 Å². The van der Waals surface area contributed by atoms with Crippen LogP contribution >= 0.6 is 11.8 Å². The zero-order valence-electron chi connectivity index (χ0n) is 8.05. The molecule has 0 aromatic heterocycles. The zero-order chi connectivity index (χ0) is 8.97. The van der Waals surface area contributed by atoms with Gasteiger partial charge in [-0.3, -0.25) is 0 Å². The lowest BCUT2D eigenvalue weighted by atomic mass is 10.2. The maximum absolute atomic E-state index is 2.25. The molecule has 1 rings (SSSR count). The largest absolute Gasteiger partial charge is 0.126 e. The Morgan fingerprint density at radius 2 is 2.00 bits per heavy atom. The fourth-order valence-electron chi connectivity index (χ4n) is 1.17. The van der Waals surface area contributed by atoms with E-state index in [2.05, 4.69) is 39.0 Å². The van der Waals surface area contributed by atoms with E-state index in [1.165, 1.54) is 28.2 Å². The molecule has 0 spiro atoms. The monoisotopic (exact) mass is 180 g/mol. The molecule has 0 atom stereocenters. The third-order valence-corrected chi connectivity index (χ3v) is 3.17. The first-order valence-corrected chi connectivity index (χ1v) is 5.42. The van der Waals surface area contributed by atoms with Crippen LogP contribution < -0.4 is 0 Å². The normalized spacial score (nSPS) is 10.2. The van der Waals surface area contributed by atoms with Crippen molar-refractivity contribution in [1.29, 1.82) is 0 Å². The average molecular weight is 180 g/mol. The Balaban J connectivity index is 2.72. The topological polar surface area (TPSA) is 0 Å². The molecule has 0 aliphatic heterocycles. The Morgan fingerprint density at radius 1 is 1.25 bits per heavy atom. The van der Waals surface area contributed by atoms with E-state index >= 15 is 0 Å². The predicted molar refractivity (Wildman–Crippen MR) is 56.9 cm³/mol. The van der Waals surface area contributed by atoms with Crippen LogP contribution in [0, 0.1) is 13.8 Å². The number of aryl methyl sites for hydroxylation is 2. The highest BCUT2D eigenvalue weighted by molar-refractivity contribution is 7.99. The van der Waals surface area contributed by atoms with E-state index in [1.807, 2.05) is 11.8 Å². The number of benzene rings is 1. The molecule has 0 unspecified atom stereocenters. The van der Waals surface area contributed by atoms with Crippen molar-refractivity contribution in [3.8, 4) is 0 Å². The molecule has 0 radical (unpaired) electrons. The van der Waals surface area contributed by atoms with Gasteiger partial charge in [0, 0.05) is 4.90 Å². The van der Waals surface area contributed by atoms with Crippen molar-refractivity contribution >= 4 is 11.8 Å². The quantitative estimate of drug-likeness (QED) is 0.637. The van der Waals surface area contributed by atoms with E-state index in [0.717, 1.165) is 0 Å². The number of thioether (sulfide) groups is 1. The van der Waals surface area contributed by atoms with E-state index in [0.29, 0.717) is 0 Å². The van der Waals surface area contributed by atoms with E-state index in [-0.39, 0.29) is 0 Å². The van der Waals surface area contributed by atoms with E-state index in [4.69, 9.17) is 0 Å². The van der Waals surface area contributed by atoms with Gasteiger partial charge in [-0.05, 0) is 37.7 Å². The minimum Gasteiger partial charge on any atom is -0.126 e. The van der Waals surface area contributed by atoms with Crippen LogP contribution in [0.3, 0.4) is 0 Å². The maximum atomic E-state index is 2.25. The molecule has 1 aromatic carbocycles. The Kier molecular flexibility index (Phi) is 3.67. The van der Waals surface area contributed by atoms with Crippen LogP contribution in [0.5, 0.6) is 0 Å². The lowest BCUT2D eigenvalue weighted by Crippen LogP contribution is -1.82. The summed E-state index contributed by atoms with van der Waals surface area (Å²) in [6.07, 6.45) is 1.25. The molecule has 0 amide bonds. The summed E-state index contributed by atoms with van der Waals surface area (Å²) in [5.41, 5.74) is 2.77. The van der Waals surface area contributed by atoms with E-state index in [9.17, 15) is 0 Å². The summed E-state index contributed by atoms with van der Waals surface area (Å²) < 4.78 is 0. The summed E-state index contributed by atoms with van der Waals surface area (Å²) >= 11 is 1.96. The molecule has 0 saturated heterocycles. The minimum atomic E-state index is 1.23. The molecule has 0 aliphatic carbocycles. The highest BCUT2D eigenvalue weighted by atomic mass is 32.2. The fourth-order valence-corrected chi connectivity index (χ4v) is 2.05. The molecule has 12 heavy (non-hydrogen) atoms. The number of rotatable bonds is 3. The van der Waals surface area contributed by atoms with Crippen molar-refractivity contribution in [1.82, 2.24) is 0 Å². The number of hydrogen-bond acceptors (Lipinski definition) is 1. The summed E-state index contributed by atoms with van der Waals surface area (Å²) in [5.74, 6) is 1.23. The molecule has 0 bridgehead atoms. The lowest BCUT2D eigenvalue weighted by molar-refractivity contribution is 1.10. The molecule has 0 nitrogen and oxygen atoms in total. The van der Waals surface area contributed by atoms with Gasteiger partial charge in [0.2, 0.25) is 0 Å². The smallest absolute Gasteiger partial charge is 0.0101 e. The molecule has 66 valence electrons. The van der Waals surface area contributed by atoms with Crippen LogP contribution in [0.25, 0.3) is 0 Å². The Bertz CT molecular complexity index is 253. The summed E-state index contributed by atoms with van der Waals surface area (Å²) in [7, 11) is 0. The molecule has 0 heterocycles. The summed E-state index contributed by atoms with van der Waals surface area (Å²) in [4.78, 5) is 1.43. The molecular formula is C11H16S. The molecular weight excluding hydrogens is 164 g/mol. The van der Waals surface area contributed by atoms with Crippen molar-refractivity contribution in [2.45, 2.75) is 32.1 Å². The van der Waals surface area contributed by atoms with Crippen LogP contribution in [0.15, 0.2) is 23.1 Å². The van der Waals surface area contributed by atoms with Gasteiger partial charge in [-0.15, -0.1) is 11.8 Å². The van der Waals surface area contributed by atoms with Crippen LogP contribution in [0.2, 0.25) is 0 Å². The molecule has 0 N–H and O–H groups in total. The second-order valence-electron chi connectivity index (χ2n) is 3.12. The van der Waals surface area contributed by atoms with Gasteiger partial charge in [0.25, 0.3) is 0 Å². The minimum absolute atomic E-state index is 1.23. The highest BCUT2D eigenvalue weighted by Gasteiger charge is 1.97. The van der Waals surface area contributed by atoms with Crippen molar-refractivity contribution in [2.75, 3.05) is 5.75 Å². The molecule has 1 aromatic rings. The first kappa shape index (κ1) is 9.66. The predicted octanol–water partition coefficient (Wildman–Crippen LogP) is 3.81. The molecule has 1 heteroatoms. The lowest BCUT2D eigenvalue weighted by Gasteiger charge is -2.04. The van der Waals surface area contributed by atoms with Gasteiger partial charge in [0.1, 0.15) is 0 Å².